The van der Waals surface area contributed by atoms with Crippen molar-refractivity contribution >= 4 is 33.7 Å². The van der Waals surface area contributed by atoms with E-state index in [0.717, 1.165) is 28.1 Å². The molecule has 0 saturated heterocycles. The van der Waals surface area contributed by atoms with Gasteiger partial charge in [0.2, 0.25) is 5.96 Å². The number of ether oxygens (including phenoxy) is 2. The molecular weight excluding hydrogens is 576 g/mol. The lowest BCUT2D eigenvalue weighted by atomic mass is 9.98. The van der Waals surface area contributed by atoms with Crippen LogP contribution in [0.4, 0.5) is 4.79 Å². The van der Waals surface area contributed by atoms with Crippen LogP contribution in [0.2, 0.25) is 5.02 Å². The van der Waals surface area contributed by atoms with E-state index in [1.807, 2.05) is 42.5 Å². The molecule has 1 aromatic heterocycles. The van der Waals surface area contributed by atoms with Crippen LogP contribution in [0, 0.1) is 0 Å². The summed E-state index contributed by atoms with van der Waals surface area (Å²) in [6.07, 6.45) is 0.797. The lowest BCUT2D eigenvalue weighted by Gasteiger charge is -2.20. The fourth-order valence-corrected chi connectivity index (χ4v) is 5.01. The number of halogens is 1. The summed E-state index contributed by atoms with van der Waals surface area (Å²) in [5.41, 5.74) is 3.15. The van der Waals surface area contributed by atoms with Gasteiger partial charge in [0.1, 0.15) is 11.4 Å². The second-order valence-electron chi connectivity index (χ2n) is 10.2. The van der Waals surface area contributed by atoms with Crippen molar-refractivity contribution in [2.75, 3.05) is 7.11 Å². The molecule has 0 unspecified atom stereocenters. The van der Waals surface area contributed by atoms with E-state index >= 15 is 0 Å². The van der Waals surface area contributed by atoms with Gasteiger partial charge in [-0.05, 0) is 86.5 Å². The molecule has 0 aliphatic heterocycles. The minimum atomic E-state index is -4.05. The molecule has 2 N–H and O–H groups in total. The minimum absolute atomic E-state index is 0.00107. The van der Waals surface area contributed by atoms with E-state index in [0.29, 0.717) is 10.6 Å². The van der Waals surface area contributed by atoms with Gasteiger partial charge in [-0.15, -0.1) is 0 Å². The lowest BCUT2D eigenvalue weighted by molar-refractivity contribution is 0.0562. The first-order valence-corrected chi connectivity index (χ1v) is 14.8. The third kappa shape index (κ3) is 8.31. The number of carbonyl (C=O) groups is 1. The number of hydrogen-bond donors (Lipinski definition) is 2. The molecule has 4 aromatic rings. The van der Waals surface area contributed by atoms with Gasteiger partial charge in [-0.1, -0.05) is 41.9 Å². The van der Waals surface area contributed by atoms with Crippen LogP contribution in [0.5, 0.6) is 5.75 Å². The molecule has 0 saturated carbocycles. The normalized spacial score (nSPS) is 12.0. The van der Waals surface area contributed by atoms with Crippen LogP contribution in [-0.4, -0.2) is 38.2 Å². The van der Waals surface area contributed by atoms with Crippen molar-refractivity contribution < 1.29 is 22.7 Å². The van der Waals surface area contributed by atoms with Gasteiger partial charge in [0, 0.05) is 22.3 Å². The highest BCUT2D eigenvalue weighted by atomic mass is 35.5. The first kappa shape index (κ1) is 30.5. The number of pyridine rings is 1. The summed E-state index contributed by atoms with van der Waals surface area (Å²) >= 11 is 6.14. The number of carbonyl (C=O) groups excluding carboxylic acids is 1. The van der Waals surface area contributed by atoms with Gasteiger partial charge in [-0.3, -0.25) is 10.3 Å². The summed E-state index contributed by atoms with van der Waals surface area (Å²) in [5.74, 6) is 0.432. The van der Waals surface area contributed by atoms with Gasteiger partial charge in [-0.25, -0.2) is 22.9 Å². The monoisotopic (exact) mass is 606 g/mol. The Morgan fingerprint density at radius 3 is 2.21 bits per heavy atom. The Kier molecular flexibility index (Phi) is 9.49. The highest BCUT2D eigenvalue weighted by Gasteiger charge is 2.21. The van der Waals surface area contributed by atoms with Crippen LogP contribution >= 0.6 is 11.6 Å². The molecule has 1 amide bonds. The molecule has 0 radical (unpaired) electrons. The number of alkyl carbamates (subject to hydrolysis) is 1. The number of aromatic nitrogens is 1. The smallest absolute Gasteiger partial charge is 0.414 e. The van der Waals surface area contributed by atoms with E-state index in [-0.39, 0.29) is 17.4 Å². The number of methoxy groups -OCH3 is 1. The van der Waals surface area contributed by atoms with E-state index in [2.05, 4.69) is 15.0 Å². The number of hydrogen-bond acceptors (Lipinski definition) is 7. The standard InChI is InChI=1S/C31H31ClN4O5S/c1-31(2,3)41-30(37)35-29(36-42(38,39)26-8-6-5-7-9-26)34-20-21-18-27(22-10-14-24(32)15-11-22)28(33-19-21)23-12-16-25(40-4)17-13-23/h5-19H,20H2,1-4H3,(H2,34,35,36,37). The molecule has 218 valence electrons. The van der Waals surface area contributed by atoms with Crippen LogP contribution in [0.3, 0.4) is 0 Å². The van der Waals surface area contributed by atoms with Gasteiger partial charge in [0.25, 0.3) is 10.0 Å². The molecule has 0 fully saturated rings. The Bertz CT molecular complexity index is 1670. The highest BCUT2D eigenvalue weighted by Crippen LogP contribution is 2.33. The summed E-state index contributed by atoms with van der Waals surface area (Å²) in [6, 6.07) is 24.6. The Balaban J connectivity index is 1.70. The Morgan fingerprint density at radius 2 is 1.60 bits per heavy atom. The zero-order chi connectivity index (χ0) is 30.3. The fraction of sp³-hybridized carbons (Fsp3) is 0.194. The molecule has 0 atom stereocenters. The van der Waals surface area contributed by atoms with Crippen LogP contribution in [-0.2, 0) is 21.3 Å². The minimum Gasteiger partial charge on any atom is -0.497 e. The van der Waals surface area contributed by atoms with E-state index in [9.17, 15) is 13.2 Å². The molecular formula is C31H31ClN4O5S. The molecule has 4 rings (SSSR count). The summed E-state index contributed by atoms with van der Waals surface area (Å²) < 4.78 is 39.0. The summed E-state index contributed by atoms with van der Waals surface area (Å²) in [5, 5.41) is 3.02. The topological polar surface area (TPSA) is 119 Å². The maximum Gasteiger partial charge on any atom is 0.414 e. The van der Waals surface area contributed by atoms with Crippen molar-refractivity contribution in [2.45, 2.75) is 37.8 Å². The predicted octanol–water partition coefficient (Wildman–Crippen LogP) is 6.44. The molecule has 1 heterocycles. The SMILES string of the molecule is COc1ccc(-c2ncc(CN=C(NC(=O)OC(C)(C)C)NS(=O)(=O)c3ccccc3)cc2-c2ccc(Cl)cc2)cc1. The Morgan fingerprint density at radius 1 is 0.952 bits per heavy atom. The highest BCUT2D eigenvalue weighted by molar-refractivity contribution is 7.90. The zero-order valence-electron chi connectivity index (χ0n) is 23.6. The third-order valence-electron chi connectivity index (χ3n) is 5.79. The number of rotatable bonds is 7. The zero-order valence-corrected chi connectivity index (χ0v) is 25.2. The molecule has 11 heteroatoms. The molecule has 0 bridgehead atoms. The molecule has 3 aromatic carbocycles. The number of aliphatic imine (C=N–C) groups is 1. The molecule has 9 nitrogen and oxygen atoms in total. The van der Waals surface area contributed by atoms with E-state index in [1.165, 1.54) is 12.1 Å². The van der Waals surface area contributed by atoms with E-state index < -0.39 is 21.7 Å². The number of sulfonamides is 1. The summed E-state index contributed by atoms with van der Waals surface area (Å²) in [6.45, 7) is 5.10. The van der Waals surface area contributed by atoms with Crippen molar-refractivity contribution in [3.63, 3.8) is 0 Å². The van der Waals surface area contributed by atoms with Gasteiger partial charge < -0.3 is 9.47 Å². The van der Waals surface area contributed by atoms with Crippen molar-refractivity contribution in [3.05, 3.63) is 102 Å². The number of benzene rings is 3. The van der Waals surface area contributed by atoms with Crippen molar-refractivity contribution in [1.82, 2.24) is 15.0 Å². The van der Waals surface area contributed by atoms with Gasteiger partial charge in [0.15, 0.2) is 0 Å². The molecule has 0 spiro atoms. The molecule has 0 aliphatic carbocycles. The van der Waals surface area contributed by atoms with Gasteiger partial charge >= 0.3 is 6.09 Å². The average Bonchev–Trinajstić information content (AvgIpc) is 2.95. The molecule has 42 heavy (non-hydrogen) atoms. The first-order valence-electron chi connectivity index (χ1n) is 12.9. The quantitative estimate of drug-likeness (QED) is 0.185. The lowest BCUT2D eigenvalue weighted by Crippen LogP contribution is -2.45. The van der Waals surface area contributed by atoms with Crippen LogP contribution < -0.4 is 14.8 Å². The van der Waals surface area contributed by atoms with Crippen LogP contribution in [0.25, 0.3) is 22.4 Å². The Hall–Kier alpha value is -4.41. The summed E-state index contributed by atoms with van der Waals surface area (Å²) in [7, 11) is -2.44. The maximum atomic E-state index is 13.0. The number of amides is 1. The Labute approximate surface area is 250 Å². The van der Waals surface area contributed by atoms with Crippen molar-refractivity contribution in [1.29, 1.82) is 0 Å². The van der Waals surface area contributed by atoms with Crippen LogP contribution in [0.1, 0.15) is 26.3 Å². The van der Waals surface area contributed by atoms with Crippen LogP contribution in [0.15, 0.2) is 101 Å². The largest absolute Gasteiger partial charge is 0.497 e. The second kappa shape index (κ2) is 13.1. The summed E-state index contributed by atoms with van der Waals surface area (Å²) in [4.78, 5) is 21.7. The number of nitrogens with zero attached hydrogens (tertiary/aromatic N) is 2. The molecule has 0 aliphatic rings. The number of nitrogens with one attached hydrogen (secondary N) is 2. The fourth-order valence-electron chi connectivity index (χ4n) is 3.88. The second-order valence-corrected chi connectivity index (χ2v) is 12.3. The van der Waals surface area contributed by atoms with Crippen molar-refractivity contribution in [2.24, 2.45) is 4.99 Å². The third-order valence-corrected chi connectivity index (χ3v) is 7.39. The van der Waals surface area contributed by atoms with Gasteiger partial charge in [0.05, 0.1) is 24.2 Å². The van der Waals surface area contributed by atoms with Crippen molar-refractivity contribution in [3.8, 4) is 28.1 Å². The maximum absolute atomic E-state index is 13.0. The van der Waals surface area contributed by atoms with E-state index in [4.69, 9.17) is 26.1 Å². The average molecular weight is 607 g/mol. The van der Waals surface area contributed by atoms with Gasteiger partial charge in [-0.2, -0.15) is 0 Å². The number of guanidine groups is 1. The predicted molar refractivity (Wildman–Crippen MR) is 164 cm³/mol. The van der Waals surface area contributed by atoms with E-state index in [1.54, 1.807) is 64.4 Å². The first-order chi connectivity index (χ1) is 19.9.